The number of aliphatic hydroxyl groups is 2. The van der Waals surface area contributed by atoms with E-state index < -0.39 is 12.2 Å². The van der Waals surface area contributed by atoms with Crippen LogP contribution in [0.1, 0.15) is 51.4 Å². The lowest BCUT2D eigenvalue weighted by molar-refractivity contribution is -0.103. The number of nitrogens with one attached hydrogen (secondary N) is 1. The molecule has 0 bridgehead atoms. The third-order valence-electron chi connectivity index (χ3n) is 5.24. The van der Waals surface area contributed by atoms with E-state index >= 15 is 0 Å². The van der Waals surface area contributed by atoms with Crippen molar-refractivity contribution in [2.75, 3.05) is 31.7 Å². The van der Waals surface area contributed by atoms with Gasteiger partial charge in [0.25, 0.3) is 0 Å². The molecule has 152 valence electrons. The molecule has 4 unspecified atom stereocenters. The molecule has 4 atom stereocenters. The molecule has 2 aliphatic rings. The number of nitrogens with two attached hydrogens (primary N) is 1. The summed E-state index contributed by atoms with van der Waals surface area (Å²) in [5.41, 5.74) is 8.64. The van der Waals surface area contributed by atoms with E-state index in [0.717, 1.165) is 31.7 Å². The van der Waals surface area contributed by atoms with Crippen molar-refractivity contribution in [1.29, 1.82) is 0 Å². The standard InChI is InChI=1S/C19H36N2O3S2/c1-25-18-12-16(23)17(13-22)24-19(18)26-11-8-15(14-6-5-7-14)21-10-4-2-3-9-20/h16-19,21-23H,2-13,20H2,1H3. The molecule has 0 aromatic carbocycles. The van der Waals surface area contributed by atoms with Crippen molar-refractivity contribution in [3.63, 3.8) is 0 Å². The minimum atomic E-state index is -0.558. The average Bonchev–Trinajstić information content (AvgIpc) is 2.60. The Kier molecular flexibility index (Phi) is 10.8. The second kappa shape index (κ2) is 12.5. The summed E-state index contributed by atoms with van der Waals surface area (Å²) in [6.07, 6.45) is 10.1. The van der Waals surface area contributed by atoms with Crippen LogP contribution in [0, 0.1) is 0 Å². The second-order valence-electron chi connectivity index (χ2n) is 7.14. The smallest absolute Gasteiger partial charge is 0.115 e. The number of thioether (sulfide) groups is 2. The Morgan fingerprint density at radius 1 is 1.31 bits per heavy atom. The number of ether oxygens (including phenoxy) is 1. The molecule has 0 radical (unpaired) electrons. The van der Waals surface area contributed by atoms with Crippen LogP contribution in [-0.2, 0) is 4.74 Å². The highest BCUT2D eigenvalue weighted by molar-refractivity contribution is 8.03. The molecule has 0 aromatic heterocycles. The van der Waals surface area contributed by atoms with Gasteiger partial charge in [-0.2, -0.15) is 11.8 Å². The van der Waals surface area contributed by atoms with E-state index in [1.165, 1.54) is 37.8 Å². The van der Waals surface area contributed by atoms with Crippen LogP contribution >= 0.6 is 23.5 Å². The molecule has 5 nitrogen and oxygen atoms in total. The van der Waals surface area contributed by atoms with Crippen molar-refractivity contribution in [1.82, 2.24) is 5.32 Å². The summed E-state index contributed by atoms with van der Waals surface area (Å²) >= 11 is 3.57. The maximum Gasteiger partial charge on any atom is 0.115 e. The van der Waals surface area contributed by atoms with Gasteiger partial charge < -0.3 is 26.0 Å². The highest BCUT2D eigenvalue weighted by Crippen LogP contribution is 2.36. The monoisotopic (exact) mass is 404 g/mol. The number of aliphatic hydroxyl groups excluding tert-OH is 2. The van der Waals surface area contributed by atoms with Gasteiger partial charge in [-0.05, 0) is 57.7 Å². The van der Waals surface area contributed by atoms with Crippen molar-refractivity contribution >= 4 is 23.5 Å². The first-order chi connectivity index (χ1) is 12.7. The van der Waals surface area contributed by atoms with E-state index in [2.05, 4.69) is 11.6 Å². The van der Waals surface area contributed by atoms with Crippen molar-refractivity contribution in [3.8, 4) is 0 Å². The van der Waals surface area contributed by atoms with Crippen molar-refractivity contribution in [2.45, 2.75) is 74.3 Å². The fraction of sp³-hybridized carbons (Fsp3) is 0.895. The van der Waals surface area contributed by atoms with Crippen LogP contribution in [0.25, 0.3) is 0 Å². The zero-order valence-corrected chi connectivity index (χ0v) is 17.6. The summed E-state index contributed by atoms with van der Waals surface area (Å²) in [5.74, 6) is 1.00. The molecule has 5 N–H and O–H groups in total. The van der Waals surface area contributed by atoms with Gasteiger partial charge in [0.05, 0.1) is 12.7 Å². The molecule has 2 fully saturated rings. The summed E-state index contributed by atoms with van der Waals surface area (Å²) in [6, 6.07) is 0. The lowest BCUT2D eigenvalue weighted by Crippen LogP contribution is -2.46. The third kappa shape index (κ3) is 6.91. The molecule has 26 heavy (non-hydrogen) atoms. The van der Waals surface area contributed by atoms with Crippen LogP contribution in [0.15, 0.2) is 11.3 Å². The molecule has 0 aromatic rings. The predicted molar refractivity (Wildman–Crippen MR) is 113 cm³/mol. The topological polar surface area (TPSA) is 87.7 Å². The zero-order chi connectivity index (χ0) is 18.8. The van der Waals surface area contributed by atoms with Gasteiger partial charge in [0, 0.05) is 23.2 Å². The summed E-state index contributed by atoms with van der Waals surface area (Å²) in [5, 5.41) is 23.4. The number of allylic oxidation sites excluding steroid dienone is 2. The summed E-state index contributed by atoms with van der Waals surface area (Å²) < 4.78 is 5.95. The molecule has 7 heteroatoms. The summed E-state index contributed by atoms with van der Waals surface area (Å²) in [7, 11) is 0. The molecule has 0 spiro atoms. The van der Waals surface area contributed by atoms with Gasteiger partial charge >= 0.3 is 0 Å². The van der Waals surface area contributed by atoms with Gasteiger partial charge in [0.1, 0.15) is 11.5 Å². The fourth-order valence-corrected chi connectivity index (χ4v) is 5.72. The van der Waals surface area contributed by atoms with Crippen molar-refractivity contribution < 1.29 is 14.9 Å². The Bertz CT molecular complexity index is 431. The number of hydrogen-bond acceptors (Lipinski definition) is 7. The van der Waals surface area contributed by atoms with E-state index in [4.69, 9.17) is 10.5 Å². The van der Waals surface area contributed by atoms with Crippen LogP contribution in [0.5, 0.6) is 0 Å². The molecule has 1 heterocycles. The molecule has 1 saturated carbocycles. The number of hydrogen-bond donors (Lipinski definition) is 4. The Balaban J connectivity index is 1.77. The molecule has 1 aliphatic heterocycles. The van der Waals surface area contributed by atoms with Gasteiger partial charge in [0.2, 0.25) is 0 Å². The Hall–Kier alpha value is 0.0800. The van der Waals surface area contributed by atoms with Crippen LogP contribution in [0.2, 0.25) is 0 Å². The van der Waals surface area contributed by atoms with E-state index in [1.807, 2.05) is 11.8 Å². The highest BCUT2D eigenvalue weighted by atomic mass is 32.2. The molecule has 1 saturated heterocycles. The van der Waals surface area contributed by atoms with Gasteiger partial charge in [-0.3, -0.25) is 0 Å². The third-order valence-corrected chi connectivity index (χ3v) is 7.66. The van der Waals surface area contributed by atoms with Crippen LogP contribution in [0.4, 0.5) is 0 Å². The average molecular weight is 405 g/mol. The molecule has 1 aliphatic carbocycles. The van der Waals surface area contributed by atoms with Crippen molar-refractivity contribution in [2.24, 2.45) is 5.73 Å². The summed E-state index contributed by atoms with van der Waals surface area (Å²) in [6.45, 7) is 1.71. The first-order valence-electron chi connectivity index (χ1n) is 9.93. The van der Waals surface area contributed by atoms with E-state index in [9.17, 15) is 10.2 Å². The first kappa shape index (κ1) is 22.4. The minimum absolute atomic E-state index is 0.0442. The maximum atomic E-state index is 10.0. The fourth-order valence-electron chi connectivity index (χ4n) is 3.38. The zero-order valence-electron chi connectivity index (χ0n) is 16.0. The quantitative estimate of drug-likeness (QED) is 0.372. The normalized spacial score (nSPS) is 28.7. The van der Waals surface area contributed by atoms with E-state index in [-0.39, 0.29) is 17.3 Å². The van der Waals surface area contributed by atoms with Gasteiger partial charge in [-0.1, -0.05) is 12.0 Å². The lowest BCUT2D eigenvalue weighted by Gasteiger charge is -2.38. The molecule has 2 rings (SSSR count). The number of unbranched alkanes of at least 4 members (excludes halogenated alkanes) is 2. The van der Waals surface area contributed by atoms with Crippen LogP contribution < -0.4 is 11.1 Å². The first-order valence-corrected chi connectivity index (χ1v) is 12.3. The van der Waals surface area contributed by atoms with E-state index in [1.54, 1.807) is 17.3 Å². The largest absolute Gasteiger partial charge is 0.394 e. The van der Waals surface area contributed by atoms with Gasteiger partial charge in [0.15, 0.2) is 0 Å². The lowest BCUT2D eigenvalue weighted by atomic mass is 9.89. The second-order valence-corrected chi connectivity index (χ2v) is 9.42. The van der Waals surface area contributed by atoms with E-state index in [0.29, 0.717) is 6.42 Å². The Labute approximate surface area is 166 Å². The Morgan fingerprint density at radius 2 is 2.12 bits per heavy atom. The predicted octanol–water partition coefficient (Wildman–Crippen LogP) is 2.47. The molecular formula is C19H36N2O3S2. The maximum absolute atomic E-state index is 10.0. The highest BCUT2D eigenvalue weighted by Gasteiger charge is 2.36. The molecular weight excluding hydrogens is 368 g/mol. The van der Waals surface area contributed by atoms with Gasteiger partial charge in [-0.15, -0.1) is 11.8 Å². The van der Waals surface area contributed by atoms with Crippen LogP contribution in [0.3, 0.4) is 0 Å². The van der Waals surface area contributed by atoms with Gasteiger partial charge in [-0.25, -0.2) is 0 Å². The SMILES string of the molecule is CSC1CC(O)C(CO)OC1SCCC(NCCCCCN)=C1CCC1. The van der Waals surface area contributed by atoms with Crippen molar-refractivity contribution in [3.05, 3.63) is 11.3 Å². The summed E-state index contributed by atoms with van der Waals surface area (Å²) in [4.78, 5) is 0. The molecule has 0 amide bonds. The Morgan fingerprint density at radius 3 is 2.73 bits per heavy atom. The minimum Gasteiger partial charge on any atom is -0.394 e. The number of rotatable bonds is 12. The van der Waals surface area contributed by atoms with Crippen LogP contribution in [-0.4, -0.2) is 64.8 Å².